The molecule has 0 aliphatic rings. The Morgan fingerprint density at radius 3 is 2.37 bits per heavy atom. The summed E-state index contributed by atoms with van der Waals surface area (Å²) < 4.78 is 10.6. The van der Waals surface area contributed by atoms with Crippen molar-refractivity contribution in [2.45, 2.75) is 6.92 Å². The third-order valence-corrected chi connectivity index (χ3v) is 2.69. The summed E-state index contributed by atoms with van der Waals surface area (Å²) in [5.41, 5.74) is 8.31. The van der Waals surface area contributed by atoms with Gasteiger partial charge in [0, 0.05) is 17.4 Å². The lowest BCUT2D eigenvalue weighted by Gasteiger charge is -2.10. The van der Waals surface area contributed by atoms with Crippen molar-refractivity contribution in [1.82, 2.24) is 0 Å². The Morgan fingerprint density at radius 2 is 1.74 bits per heavy atom. The van der Waals surface area contributed by atoms with E-state index in [9.17, 15) is 0 Å². The monoisotopic (exact) mass is 258 g/mol. The molecule has 0 aromatic heterocycles. The van der Waals surface area contributed by atoms with E-state index >= 15 is 0 Å². The predicted octanol–water partition coefficient (Wildman–Crippen LogP) is 3.42. The fourth-order valence-electron chi connectivity index (χ4n) is 1.76. The molecule has 19 heavy (non-hydrogen) atoms. The molecule has 4 nitrogen and oxygen atoms in total. The molecule has 0 aliphatic heterocycles. The van der Waals surface area contributed by atoms with Gasteiger partial charge in [-0.3, -0.25) is 0 Å². The van der Waals surface area contributed by atoms with E-state index in [2.05, 4.69) is 5.32 Å². The second-order valence-corrected chi connectivity index (χ2v) is 4.04. The van der Waals surface area contributed by atoms with Gasteiger partial charge in [0.2, 0.25) is 0 Å². The van der Waals surface area contributed by atoms with E-state index in [1.54, 1.807) is 7.11 Å². The molecule has 0 saturated carbocycles. The van der Waals surface area contributed by atoms with Crippen LogP contribution >= 0.6 is 0 Å². The van der Waals surface area contributed by atoms with Crippen LogP contribution in [0.2, 0.25) is 0 Å². The zero-order chi connectivity index (χ0) is 13.7. The van der Waals surface area contributed by atoms with E-state index in [-0.39, 0.29) is 0 Å². The maximum Gasteiger partial charge on any atom is 0.143 e. The summed E-state index contributed by atoms with van der Waals surface area (Å²) in [7, 11) is 1.60. The summed E-state index contributed by atoms with van der Waals surface area (Å²) in [5, 5.41) is 3.28. The van der Waals surface area contributed by atoms with Crippen molar-refractivity contribution < 1.29 is 9.47 Å². The highest BCUT2D eigenvalue weighted by atomic mass is 16.5. The number of anilines is 3. The predicted molar refractivity (Wildman–Crippen MR) is 78.3 cm³/mol. The molecule has 0 heterocycles. The minimum Gasteiger partial charge on any atom is -0.495 e. The van der Waals surface area contributed by atoms with Crippen LogP contribution in [0.3, 0.4) is 0 Å². The minimum absolute atomic E-state index is 0.625. The van der Waals surface area contributed by atoms with Gasteiger partial charge in [-0.1, -0.05) is 0 Å². The van der Waals surface area contributed by atoms with E-state index in [4.69, 9.17) is 15.2 Å². The highest BCUT2D eigenvalue weighted by Gasteiger charge is 2.01. The van der Waals surface area contributed by atoms with Gasteiger partial charge in [0.1, 0.15) is 11.5 Å². The lowest BCUT2D eigenvalue weighted by atomic mass is 10.2. The molecule has 3 N–H and O–H groups in total. The number of hydrogen-bond donors (Lipinski definition) is 2. The fourth-order valence-corrected chi connectivity index (χ4v) is 1.76. The zero-order valence-electron chi connectivity index (χ0n) is 11.1. The van der Waals surface area contributed by atoms with E-state index < -0.39 is 0 Å². The Bertz CT molecular complexity index is 538. The Balaban J connectivity index is 2.12. The normalized spacial score (nSPS) is 10.0. The van der Waals surface area contributed by atoms with Crippen molar-refractivity contribution in [3.63, 3.8) is 0 Å². The number of hydrogen-bond acceptors (Lipinski definition) is 4. The average molecular weight is 258 g/mol. The molecule has 0 radical (unpaired) electrons. The van der Waals surface area contributed by atoms with Gasteiger partial charge in [0.25, 0.3) is 0 Å². The van der Waals surface area contributed by atoms with E-state index in [0.717, 1.165) is 17.1 Å². The topological polar surface area (TPSA) is 56.5 Å². The third kappa shape index (κ3) is 3.31. The van der Waals surface area contributed by atoms with Gasteiger partial charge in [-0.2, -0.15) is 0 Å². The van der Waals surface area contributed by atoms with Crippen LogP contribution < -0.4 is 20.5 Å². The first-order valence-corrected chi connectivity index (χ1v) is 6.16. The Labute approximate surface area is 113 Å². The van der Waals surface area contributed by atoms with Crippen molar-refractivity contribution in [2.24, 2.45) is 0 Å². The summed E-state index contributed by atoms with van der Waals surface area (Å²) in [6.45, 7) is 2.63. The van der Waals surface area contributed by atoms with E-state index in [0.29, 0.717) is 18.0 Å². The zero-order valence-corrected chi connectivity index (χ0v) is 11.1. The van der Waals surface area contributed by atoms with Gasteiger partial charge in [-0.15, -0.1) is 0 Å². The maximum atomic E-state index is 5.78. The van der Waals surface area contributed by atoms with Crippen molar-refractivity contribution in [3.05, 3.63) is 42.5 Å². The Hall–Kier alpha value is -2.36. The standard InChI is InChI=1S/C15H18N2O2/c1-3-19-13-7-4-11(5-8-13)17-12-6-9-14(16)15(10-12)18-2/h4-10,17H,3,16H2,1-2H3. The number of nitrogen functional groups attached to an aromatic ring is 1. The fraction of sp³-hybridized carbons (Fsp3) is 0.200. The van der Waals surface area contributed by atoms with Crippen LogP contribution in [-0.4, -0.2) is 13.7 Å². The molecule has 2 rings (SSSR count). The van der Waals surface area contributed by atoms with Gasteiger partial charge >= 0.3 is 0 Å². The molecule has 100 valence electrons. The van der Waals surface area contributed by atoms with Crippen LogP contribution in [0.4, 0.5) is 17.1 Å². The number of methoxy groups -OCH3 is 1. The molecule has 0 bridgehead atoms. The van der Waals surface area contributed by atoms with Gasteiger partial charge in [-0.05, 0) is 43.3 Å². The number of rotatable bonds is 5. The van der Waals surface area contributed by atoms with Crippen LogP contribution in [0.15, 0.2) is 42.5 Å². The SMILES string of the molecule is CCOc1ccc(Nc2ccc(N)c(OC)c2)cc1. The molecule has 0 spiro atoms. The second kappa shape index (κ2) is 6.00. The first kappa shape index (κ1) is 13.1. The van der Waals surface area contributed by atoms with E-state index in [1.807, 2.05) is 49.4 Å². The van der Waals surface area contributed by atoms with Crippen molar-refractivity contribution in [2.75, 3.05) is 24.8 Å². The van der Waals surface area contributed by atoms with Crippen molar-refractivity contribution in [3.8, 4) is 11.5 Å². The summed E-state index contributed by atoms with van der Waals surface area (Å²) in [5.74, 6) is 1.53. The van der Waals surface area contributed by atoms with Crippen LogP contribution in [0.5, 0.6) is 11.5 Å². The largest absolute Gasteiger partial charge is 0.495 e. The van der Waals surface area contributed by atoms with Crippen molar-refractivity contribution >= 4 is 17.1 Å². The number of benzene rings is 2. The van der Waals surface area contributed by atoms with Crippen LogP contribution in [0.1, 0.15) is 6.92 Å². The van der Waals surface area contributed by atoms with Crippen LogP contribution in [0.25, 0.3) is 0 Å². The summed E-state index contributed by atoms with van der Waals surface area (Å²) in [4.78, 5) is 0. The lowest BCUT2D eigenvalue weighted by molar-refractivity contribution is 0.340. The first-order chi connectivity index (χ1) is 9.22. The highest BCUT2D eigenvalue weighted by Crippen LogP contribution is 2.27. The molecule has 0 saturated heterocycles. The number of nitrogens with two attached hydrogens (primary N) is 1. The van der Waals surface area contributed by atoms with Gasteiger partial charge in [0.05, 0.1) is 19.4 Å². The maximum absolute atomic E-state index is 5.78. The van der Waals surface area contributed by atoms with E-state index in [1.165, 1.54) is 0 Å². The van der Waals surface area contributed by atoms with Gasteiger partial charge < -0.3 is 20.5 Å². The summed E-state index contributed by atoms with van der Waals surface area (Å²) in [6.07, 6.45) is 0. The van der Waals surface area contributed by atoms with Gasteiger partial charge in [-0.25, -0.2) is 0 Å². The highest BCUT2D eigenvalue weighted by molar-refractivity contribution is 5.67. The number of nitrogens with one attached hydrogen (secondary N) is 1. The molecule has 0 atom stereocenters. The van der Waals surface area contributed by atoms with Crippen LogP contribution in [-0.2, 0) is 0 Å². The average Bonchev–Trinajstić information content (AvgIpc) is 2.43. The molecular weight excluding hydrogens is 240 g/mol. The molecule has 0 aliphatic carbocycles. The summed E-state index contributed by atoms with van der Waals surface area (Å²) in [6, 6.07) is 13.4. The molecule has 0 unspecified atom stereocenters. The molecule has 4 heteroatoms. The molecular formula is C15H18N2O2. The second-order valence-electron chi connectivity index (χ2n) is 4.04. The smallest absolute Gasteiger partial charge is 0.143 e. The number of ether oxygens (including phenoxy) is 2. The summed E-state index contributed by atoms with van der Waals surface area (Å²) >= 11 is 0. The lowest BCUT2D eigenvalue weighted by Crippen LogP contribution is -1.96. The molecule has 2 aromatic carbocycles. The molecule has 0 amide bonds. The first-order valence-electron chi connectivity index (χ1n) is 6.16. The van der Waals surface area contributed by atoms with Crippen LogP contribution in [0, 0.1) is 0 Å². The Morgan fingerprint density at radius 1 is 1.05 bits per heavy atom. The third-order valence-electron chi connectivity index (χ3n) is 2.69. The molecule has 2 aromatic rings. The van der Waals surface area contributed by atoms with Gasteiger partial charge in [0.15, 0.2) is 0 Å². The van der Waals surface area contributed by atoms with Crippen molar-refractivity contribution in [1.29, 1.82) is 0 Å². The quantitative estimate of drug-likeness (QED) is 0.807. The molecule has 0 fully saturated rings. The minimum atomic E-state index is 0.625. The Kier molecular flexibility index (Phi) is 4.13.